The van der Waals surface area contributed by atoms with Gasteiger partial charge in [0, 0.05) is 11.6 Å². The van der Waals surface area contributed by atoms with Crippen LogP contribution in [-0.2, 0) is 19.1 Å². The number of aliphatic hydroxyl groups is 1. The van der Waals surface area contributed by atoms with E-state index in [1.54, 1.807) is 38.3 Å². The topological polar surface area (TPSA) is 105 Å². The molecule has 0 saturated carbocycles. The maximum Gasteiger partial charge on any atom is 0.310 e. The molecule has 8 heteroatoms. The van der Waals surface area contributed by atoms with Crippen LogP contribution in [0.25, 0.3) is 0 Å². The van der Waals surface area contributed by atoms with Crippen LogP contribution >= 0.6 is 0 Å². The van der Waals surface area contributed by atoms with Crippen molar-refractivity contribution in [2.24, 2.45) is 29.6 Å². The van der Waals surface area contributed by atoms with E-state index in [1.807, 2.05) is 32.9 Å². The number of benzene rings is 1. The molecule has 1 aromatic carbocycles. The van der Waals surface area contributed by atoms with Crippen molar-refractivity contribution in [3.8, 4) is 5.75 Å². The molecule has 8 nitrogen and oxygen atoms in total. The van der Waals surface area contributed by atoms with Crippen molar-refractivity contribution in [2.45, 2.75) is 46.2 Å². The molecule has 34 heavy (non-hydrogen) atoms. The number of ether oxygens (including phenoxy) is 2. The number of carbonyl (C=O) groups excluding carboxylic acids is 3. The molecule has 2 amide bonds. The highest BCUT2D eigenvalue weighted by molar-refractivity contribution is 6.01. The van der Waals surface area contributed by atoms with E-state index in [-0.39, 0.29) is 36.9 Å². The molecular formula is C26H36N2O6. The van der Waals surface area contributed by atoms with E-state index in [9.17, 15) is 19.5 Å². The lowest BCUT2D eigenvalue weighted by atomic mass is 9.70. The normalized spacial score (nSPS) is 26.9. The summed E-state index contributed by atoms with van der Waals surface area (Å²) in [5.74, 6) is -2.30. The minimum absolute atomic E-state index is 0.202. The van der Waals surface area contributed by atoms with Crippen molar-refractivity contribution in [1.29, 1.82) is 0 Å². The molecular weight excluding hydrogens is 436 g/mol. The van der Waals surface area contributed by atoms with Gasteiger partial charge in [-0.15, -0.1) is 0 Å². The Morgan fingerprint density at radius 3 is 2.41 bits per heavy atom. The van der Waals surface area contributed by atoms with Crippen molar-refractivity contribution in [1.82, 2.24) is 4.90 Å². The number of carbonyl (C=O) groups is 3. The number of allylic oxidation sites excluding steroid dienone is 1. The number of fused-ring (bicyclic) bond motifs is 1. The minimum Gasteiger partial charge on any atom is -0.497 e. The van der Waals surface area contributed by atoms with E-state index >= 15 is 0 Å². The molecule has 0 unspecified atom stereocenters. The molecule has 1 fully saturated rings. The fraction of sp³-hybridized carbons (Fsp3) is 0.577. The van der Waals surface area contributed by atoms with Gasteiger partial charge in [0.2, 0.25) is 11.8 Å². The van der Waals surface area contributed by atoms with E-state index in [2.05, 4.69) is 5.32 Å². The Morgan fingerprint density at radius 1 is 1.18 bits per heavy atom. The first kappa shape index (κ1) is 25.7. The van der Waals surface area contributed by atoms with Gasteiger partial charge in [-0.3, -0.25) is 14.4 Å². The number of amides is 2. The molecule has 0 spiro atoms. The predicted octanol–water partition coefficient (Wildman–Crippen LogP) is 2.87. The number of nitrogens with zero attached hydrogens (tertiary/aromatic N) is 1. The van der Waals surface area contributed by atoms with Crippen molar-refractivity contribution < 1.29 is 29.0 Å². The summed E-state index contributed by atoms with van der Waals surface area (Å²) < 4.78 is 10.5. The van der Waals surface area contributed by atoms with Crippen LogP contribution < -0.4 is 10.1 Å². The van der Waals surface area contributed by atoms with Crippen LogP contribution in [-0.4, -0.2) is 60.2 Å². The third-order valence-corrected chi connectivity index (χ3v) is 6.74. The van der Waals surface area contributed by atoms with Gasteiger partial charge in [0.1, 0.15) is 11.8 Å². The summed E-state index contributed by atoms with van der Waals surface area (Å²) in [7, 11) is 1.57. The number of likely N-dealkylation sites (tertiary alicyclic amines) is 1. The van der Waals surface area contributed by atoms with E-state index in [1.165, 1.54) is 4.90 Å². The predicted molar refractivity (Wildman–Crippen MR) is 128 cm³/mol. The van der Waals surface area contributed by atoms with Crippen LogP contribution in [0.3, 0.4) is 0 Å². The highest BCUT2D eigenvalue weighted by Crippen LogP contribution is 2.45. The highest BCUT2D eigenvalue weighted by Gasteiger charge is 2.58. The molecule has 0 aromatic heterocycles. The zero-order valence-corrected chi connectivity index (χ0v) is 20.6. The highest BCUT2D eigenvalue weighted by atomic mass is 16.5. The van der Waals surface area contributed by atoms with Crippen LogP contribution in [0.15, 0.2) is 36.4 Å². The van der Waals surface area contributed by atoms with E-state index in [4.69, 9.17) is 9.47 Å². The van der Waals surface area contributed by atoms with Gasteiger partial charge >= 0.3 is 5.97 Å². The monoisotopic (exact) mass is 472 g/mol. The molecule has 2 N–H and O–H groups in total. The standard InChI is InChI=1S/C26H36N2O6/c1-6-34-26(32)21-16(4)7-12-20-22(21)25(31)28(18(14-29)13-15(2)3)23(20)24(30)27-17-8-10-19(33-5)11-9-17/h7-12,15-16,18,20-23,29H,6,13-14H2,1-5H3,(H,27,30)/t16-,18-,20+,21-,22-,23+/m1/s1. The summed E-state index contributed by atoms with van der Waals surface area (Å²) in [5.41, 5.74) is 0.571. The van der Waals surface area contributed by atoms with Crippen molar-refractivity contribution in [2.75, 3.05) is 25.6 Å². The van der Waals surface area contributed by atoms with Gasteiger partial charge in [-0.1, -0.05) is 32.9 Å². The number of rotatable bonds is 9. The van der Waals surface area contributed by atoms with Crippen LogP contribution in [0.4, 0.5) is 5.69 Å². The zero-order chi connectivity index (χ0) is 25.0. The molecule has 2 aliphatic rings. The fourth-order valence-electron chi connectivity index (χ4n) is 5.24. The lowest BCUT2D eigenvalue weighted by molar-refractivity contribution is -0.156. The Balaban J connectivity index is 2.00. The molecule has 0 radical (unpaired) electrons. The van der Waals surface area contributed by atoms with Crippen LogP contribution in [0.1, 0.15) is 34.1 Å². The first-order valence-electron chi connectivity index (χ1n) is 12.0. The lowest BCUT2D eigenvalue weighted by Crippen LogP contribution is -2.51. The Hall–Kier alpha value is -2.87. The molecule has 1 aliphatic heterocycles. The molecule has 3 rings (SSSR count). The molecule has 1 aliphatic carbocycles. The summed E-state index contributed by atoms with van der Waals surface area (Å²) in [6.45, 7) is 7.58. The third-order valence-electron chi connectivity index (χ3n) is 6.74. The van der Waals surface area contributed by atoms with E-state index < -0.39 is 35.8 Å². The summed E-state index contributed by atoms with van der Waals surface area (Å²) in [6, 6.07) is 5.56. The quantitative estimate of drug-likeness (QED) is 0.423. The second kappa shape index (κ2) is 11.0. The number of nitrogens with one attached hydrogen (secondary N) is 1. The molecule has 186 valence electrons. The summed E-state index contributed by atoms with van der Waals surface area (Å²) in [4.78, 5) is 41.8. The SMILES string of the molecule is CCOC(=O)[C@H]1[C@@H]2C(=O)N([C@@H](CO)CC(C)C)[C@H](C(=O)Nc3ccc(OC)cc3)[C@H]2C=C[C@H]1C. The summed E-state index contributed by atoms with van der Waals surface area (Å²) in [5, 5.41) is 13.1. The maximum atomic E-state index is 13.8. The molecule has 1 saturated heterocycles. The number of aliphatic hydroxyl groups excluding tert-OH is 1. The number of hydrogen-bond acceptors (Lipinski definition) is 6. The van der Waals surface area contributed by atoms with Crippen molar-refractivity contribution in [3.05, 3.63) is 36.4 Å². The van der Waals surface area contributed by atoms with Gasteiger partial charge in [0.05, 0.1) is 38.2 Å². The van der Waals surface area contributed by atoms with Gasteiger partial charge in [-0.25, -0.2) is 0 Å². The lowest BCUT2D eigenvalue weighted by Gasteiger charge is -2.34. The second-order valence-corrected chi connectivity index (χ2v) is 9.50. The van der Waals surface area contributed by atoms with Crippen LogP contribution in [0, 0.1) is 29.6 Å². The number of hydrogen-bond donors (Lipinski definition) is 2. The van der Waals surface area contributed by atoms with E-state index in [0.717, 1.165) is 0 Å². The first-order valence-corrected chi connectivity index (χ1v) is 12.0. The Labute approximate surface area is 201 Å². The molecule has 1 heterocycles. The Kier molecular flexibility index (Phi) is 8.36. The van der Waals surface area contributed by atoms with Crippen LogP contribution in [0.5, 0.6) is 5.75 Å². The second-order valence-electron chi connectivity index (χ2n) is 9.50. The van der Waals surface area contributed by atoms with Gasteiger partial charge in [-0.2, -0.15) is 0 Å². The first-order chi connectivity index (χ1) is 16.2. The number of anilines is 1. The minimum atomic E-state index is -0.851. The average molecular weight is 473 g/mol. The number of esters is 1. The molecule has 1 aromatic rings. The number of methoxy groups -OCH3 is 1. The third kappa shape index (κ3) is 5.12. The largest absolute Gasteiger partial charge is 0.497 e. The maximum absolute atomic E-state index is 13.8. The molecule has 6 atom stereocenters. The zero-order valence-electron chi connectivity index (χ0n) is 20.6. The van der Waals surface area contributed by atoms with Gasteiger partial charge in [-0.05, 0) is 49.4 Å². The summed E-state index contributed by atoms with van der Waals surface area (Å²) >= 11 is 0. The van der Waals surface area contributed by atoms with Crippen LogP contribution in [0.2, 0.25) is 0 Å². The van der Waals surface area contributed by atoms with Gasteiger partial charge in [0.15, 0.2) is 0 Å². The Morgan fingerprint density at radius 2 is 1.85 bits per heavy atom. The van der Waals surface area contributed by atoms with E-state index in [0.29, 0.717) is 17.9 Å². The summed E-state index contributed by atoms with van der Waals surface area (Å²) in [6.07, 6.45) is 4.31. The average Bonchev–Trinajstić information content (AvgIpc) is 3.10. The smallest absolute Gasteiger partial charge is 0.310 e. The Bertz CT molecular complexity index is 912. The molecule has 0 bridgehead atoms. The fourth-order valence-corrected chi connectivity index (χ4v) is 5.24. The van der Waals surface area contributed by atoms with Gasteiger partial charge in [0.25, 0.3) is 0 Å². The van der Waals surface area contributed by atoms with Gasteiger partial charge < -0.3 is 24.8 Å². The van der Waals surface area contributed by atoms with Crippen molar-refractivity contribution >= 4 is 23.5 Å². The van der Waals surface area contributed by atoms with Crippen molar-refractivity contribution in [3.63, 3.8) is 0 Å².